The fourth-order valence-electron chi connectivity index (χ4n) is 1.90. The van der Waals surface area contributed by atoms with Crippen molar-refractivity contribution < 1.29 is 13.9 Å². The molecular weight excluding hydrogens is 194 g/mol. The average Bonchev–Trinajstić information content (AvgIpc) is 2.87. The van der Waals surface area contributed by atoms with E-state index in [9.17, 15) is 4.79 Å². The molecule has 4 nitrogen and oxygen atoms in total. The van der Waals surface area contributed by atoms with Crippen LogP contribution in [0.25, 0.3) is 0 Å². The molecule has 1 aromatic heterocycles. The first kappa shape index (κ1) is 10.4. The predicted molar refractivity (Wildman–Crippen MR) is 54.8 cm³/mol. The molecule has 0 spiro atoms. The number of hydrogen-bond donors (Lipinski definition) is 0. The summed E-state index contributed by atoms with van der Waals surface area (Å²) in [6, 6.07) is 3.55. The van der Waals surface area contributed by atoms with Crippen LogP contribution in [0, 0.1) is 0 Å². The van der Waals surface area contributed by atoms with Gasteiger partial charge in [0.05, 0.1) is 12.6 Å². The Morgan fingerprint density at radius 1 is 1.67 bits per heavy atom. The lowest BCUT2D eigenvalue weighted by Crippen LogP contribution is -2.22. The summed E-state index contributed by atoms with van der Waals surface area (Å²) >= 11 is 0. The molecule has 1 aliphatic heterocycles. The number of rotatable bonds is 4. The summed E-state index contributed by atoms with van der Waals surface area (Å²) in [6.45, 7) is 2.72. The highest BCUT2D eigenvalue weighted by atomic mass is 16.5. The van der Waals surface area contributed by atoms with Crippen LogP contribution in [0.5, 0.6) is 0 Å². The third kappa shape index (κ3) is 2.46. The van der Waals surface area contributed by atoms with Gasteiger partial charge in [-0.1, -0.05) is 0 Å². The lowest BCUT2D eigenvalue weighted by molar-refractivity contribution is 0.105. The summed E-state index contributed by atoms with van der Waals surface area (Å²) in [4.78, 5) is 12.7. The molecule has 1 fully saturated rings. The molecule has 0 radical (unpaired) electrons. The minimum absolute atomic E-state index is 0.338. The zero-order valence-electron chi connectivity index (χ0n) is 8.81. The second-order valence-corrected chi connectivity index (χ2v) is 3.80. The van der Waals surface area contributed by atoms with Gasteiger partial charge in [0.2, 0.25) is 0 Å². The molecule has 1 aliphatic rings. The van der Waals surface area contributed by atoms with Crippen molar-refractivity contribution in [3.05, 3.63) is 23.7 Å². The second kappa shape index (κ2) is 4.59. The Bertz CT molecular complexity index is 334. The van der Waals surface area contributed by atoms with Crippen molar-refractivity contribution in [1.82, 2.24) is 4.90 Å². The summed E-state index contributed by atoms with van der Waals surface area (Å²) in [5.41, 5.74) is 0. The van der Waals surface area contributed by atoms with Crippen LogP contribution in [0.15, 0.2) is 16.5 Å². The Labute approximate surface area is 88.8 Å². The molecule has 1 saturated heterocycles. The number of carbonyl (C=O) groups is 1. The number of carbonyl (C=O) groups excluding carboxylic acids is 1. The summed E-state index contributed by atoms with van der Waals surface area (Å²) in [6.07, 6.45) is 2.13. The Hall–Kier alpha value is -1.13. The smallest absolute Gasteiger partial charge is 0.185 e. The molecule has 4 heteroatoms. The number of aldehydes is 1. The molecule has 0 amide bonds. The lowest BCUT2D eigenvalue weighted by Gasteiger charge is -2.13. The molecule has 82 valence electrons. The minimum atomic E-state index is 0.338. The summed E-state index contributed by atoms with van der Waals surface area (Å²) in [5, 5.41) is 0. The summed E-state index contributed by atoms with van der Waals surface area (Å²) < 4.78 is 10.6. The number of hydrogen-bond acceptors (Lipinski definition) is 4. The maximum absolute atomic E-state index is 10.4. The molecule has 0 saturated carbocycles. The van der Waals surface area contributed by atoms with Gasteiger partial charge in [0.1, 0.15) is 5.76 Å². The Kier molecular flexibility index (Phi) is 3.18. The third-order valence-electron chi connectivity index (χ3n) is 2.74. The van der Waals surface area contributed by atoms with Gasteiger partial charge in [-0.3, -0.25) is 9.69 Å². The van der Waals surface area contributed by atoms with E-state index in [0.29, 0.717) is 11.9 Å². The number of methoxy groups -OCH3 is 1. The van der Waals surface area contributed by atoms with E-state index in [1.165, 1.54) is 0 Å². The van der Waals surface area contributed by atoms with Crippen molar-refractivity contribution in [2.45, 2.75) is 19.1 Å². The van der Waals surface area contributed by atoms with Crippen molar-refractivity contribution >= 4 is 6.29 Å². The quantitative estimate of drug-likeness (QED) is 0.701. The first-order valence-electron chi connectivity index (χ1n) is 5.11. The fourth-order valence-corrected chi connectivity index (χ4v) is 1.90. The van der Waals surface area contributed by atoms with Gasteiger partial charge in [0.15, 0.2) is 12.0 Å². The van der Waals surface area contributed by atoms with E-state index < -0.39 is 0 Å². The third-order valence-corrected chi connectivity index (χ3v) is 2.74. The minimum Gasteiger partial charge on any atom is -0.457 e. The van der Waals surface area contributed by atoms with Crippen molar-refractivity contribution in [1.29, 1.82) is 0 Å². The Balaban J connectivity index is 1.89. The monoisotopic (exact) mass is 209 g/mol. The van der Waals surface area contributed by atoms with Crippen LogP contribution in [0.3, 0.4) is 0 Å². The molecule has 1 atom stereocenters. The maximum atomic E-state index is 10.4. The van der Waals surface area contributed by atoms with Crippen LogP contribution in [-0.2, 0) is 11.3 Å². The van der Waals surface area contributed by atoms with Crippen LogP contribution in [-0.4, -0.2) is 37.5 Å². The average molecular weight is 209 g/mol. The van der Waals surface area contributed by atoms with E-state index in [2.05, 4.69) is 4.90 Å². The normalized spacial score (nSPS) is 22.1. The second-order valence-electron chi connectivity index (χ2n) is 3.80. The van der Waals surface area contributed by atoms with E-state index in [4.69, 9.17) is 9.15 Å². The molecular formula is C11H15NO3. The molecule has 0 aliphatic carbocycles. The van der Waals surface area contributed by atoms with Gasteiger partial charge in [-0.2, -0.15) is 0 Å². The number of ether oxygens (including phenoxy) is 1. The van der Waals surface area contributed by atoms with Crippen LogP contribution < -0.4 is 0 Å². The van der Waals surface area contributed by atoms with Crippen LogP contribution >= 0.6 is 0 Å². The van der Waals surface area contributed by atoms with E-state index >= 15 is 0 Å². The zero-order valence-corrected chi connectivity index (χ0v) is 8.81. The lowest BCUT2D eigenvalue weighted by atomic mass is 10.3. The molecule has 0 aromatic carbocycles. The van der Waals surface area contributed by atoms with Crippen LogP contribution in [0.2, 0.25) is 0 Å². The largest absolute Gasteiger partial charge is 0.457 e. The molecule has 2 rings (SSSR count). The van der Waals surface area contributed by atoms with Crippen molar-refractivity contribution in [2.24, 2.45) is 0 Å². The van der Waals surface area contributed by atoms with Gasteiger partial charge in [0, 0.05) is 20.2 Å². The van der Waals surface area contributed by atoms with Gasteiger partial charge < -0.3 is 9.15 Å². The Morgan fingerprint density at radius 3 is 3.13 bits per heavy atom. The zero-order chi connectivity index (χ0) is 10.7. The molecule has 0 N–H and O–H groups in total. The summed E-state index contributed by atoms with van der Waals surface area (Å²) in [5.74, 6) is 1.24. The van der Waals surface area contributed by atoms with Crippen LogP contribution in [0.1, 0.15) is 22.7 Å². The van der Waals surface area contributed by atoms with E-state index in [-0.39, 0.29) is 0 Å². The topological polar surface area (TPSA) is 42.7 Å². The first-order chi connectivity index (χ1) is 7.31. The first-order valence-corrected chi connectivity index (χ1v) is 5.11. The number of furan rings is 1. The van der Waals surface area contributed by atoms with Gasteiger partial charge in [-0.05, 0) is 18.6 Å². The van der Waals surface area contributed by atoms with Gasteiger partial charge in [-0.15, -0.1) is 0 Å². The van der Waals surface area contributed by atoms with Crippen molar-refractivity contribution in [3.8, 4) is 0 Å². The van der Waals surface area contributed by atoms with E-state index in [1.54, 1.807) is 13.2 Å². The van der Waals surface area contributed by atoms with E-state index in [1.807, 2.05) is 6.07 Å². The fraction of sp³-hybridized carbons (Fsp3) is 0.545. The predicted octanol–water partition coefficient (Wildman–Crippen LogP) is 1.31. The van der Waals surface area contributed by atoms with Crippen LogP contribution in [0.4, 0.5) is 0 Å². The van der Waals surface area contributed by atoms with Gasteiger partial charge >= 0.3 is 0 Å². The molecule has 2 heterocycles. The highest BCUT2D eigenvalue weighted by Gasteiger charge is 2.22. The molecule has 1 aromatic rings. The number of nitrogens with zero attached hydrogens (tertiary/aromatic N) is 1. The maximum Gasteiger partial charge on any atom is 0.185 e. The van der Waals surface area contributed by atoms with Gasteiger partial charge in [0.25, 0.3) is 0 Å². The highest BCUT2D eigenvalue weighted by molar-refractivity contribution is 5.70. The van der Waals surface area contributed by atoms with Crippen molar-refractivity contribution in [3.63, 3.8) is 0 Å². The molecule has 0 bridgehead atoms. The van der Waals surface area contributed by atoms with E-state index in [0.717, 1.165) is 38.1 Å². The molecule has 1 unspecified atom stereocenters. The molecule has 15 heavy (non-hydrogen) atoms. The standard InChI is InChI=1S/C11H15NO3/c1-14-9-4-5-12(6-9)7-10-2-3-11(8-13)15-10/h2-3,8-9H,4-7H2,1H3. The Morgan fingerprint density at radius 2 is 2.53 bits per heavy atom. The van der Waals surface area contributed by atoms with Gasteiger partial charge in [-0.25, -0.2) is 0 Å². The SMILES string of the molecule is COC1CCN(Cc2ccc(C=O)o2)C1. The number of likely N-dealkylation sites (tertiary alicyclic amines) is 1. The highest BCUT2D eigenvalue weighted by Crippen LogP contribution is 2.16. The van der Waals surface area contributed by atoms with Crippen molar-refractivity contribution in [2.75, 3.05) is 20.2 Å². The summed E-state index contributed by atoms with van der Waals surface area (Å²) in [7, 11) is 1.74.